The number of rotatable bonds is 3. The fraction of sp³-hybridized carbons (Fsp3) is 0.400. The maximum absolute atomic E-state index is 10.2. The number of aliphatic hydroxyl groups excluding tert-OH is 1. The molecule has 1 unspecified atom stereocenters. The molecule has 2 aromatic rings. The van der Waals surface area contributed by atoms with Crippen molar-refractivity contribution in [2.75, 3.05) is 5.73 Å². The largest absolute Gasteiger partial charge is 0.399 e. The number of benzene rings is 1. The van der Waals surface area contributed by atoms with E-state index in [1.807, 2.05) is 12.1 Å². The summed E-state index contributed by atoms with van der Waals surface area (Å²) in [6, 6.07) is 7.33. The molecule has 19 heavy (non-hydrogen) atoms. The zero-order valence-corrected chi connectivity index (χ0v) is 12.4. The molecular weight excluding hydrogens is 256 g/mol. The molecule has 3 N–H and O–H groups in total. The number of hydrogen-bond acceptors (Lipinski definition) is 4. The fourth-order valence-electron chi connectivity index (χ4n) is 1.75. The smallest absolute Gasteiger partial charge is 0.0957 e. The Hall–Kier alpha value is -1.39. The Bertz CT molecular complexity index is 540. The van der Waals surface area contributed by atoms with Gasteiger partial charge in [0.25, 0.3) is 0 Å². The third-order valence-electron chi connectivity index (χ3n) is 3.01. The van der Waals surface area contributed by atoms with E-state index < -0.39 is 6.10 Å². The van der Waals surface area contributed by atoms with Crippen molar-refractivity contribution < 1.29 is 5.11 Å². The molecule has 4 heteroatoms. The second-order valence-corrected chi connectivity index (χ2v) is 6.71. The van der Waals surface area contributed by atoms with E-state index in [1.54, 1.807) is 23.5 Å². The van der Waals surface area contributed by atoms with Crippen molar-refractivity contribution in [3.63, 3.8) is 0 Å². The Morgan fingerprint density at radius 1 is 1.26 bits per heavy atom. The summed E-state index contributed by atoms with van der Waals surface area (Å²) >= 11 is 1.61. The number of nitrogens with two attached hydrogens (primary N) is 1. The summed E-state index contributed by atoms with van der Waals surface area (Å²) in [4.78, 5) is 4.60. The lowest BCUT2D eigenvalue weighted by Gasteiger charge is -2.14. The lowest BCUT2D eigenvalue weighted by molar-refractivity contribution is 0.178. The zero-order valence-electron chi connectivity index (χ0n) is 11.6. The van der Waals surface area contributed by atoms with Gasteiger partial charge in [0.1, 0.15) is 0 Å². The van der Waals surface area contributed by atoms with Crippen LogP contribution in [0.4, 0.5) is 5.69 Å². The number of nitrogen functional groups attached to an aromatic ring is 1. The van der Waals surface area contributed by atoms with Gasteiger partial charge < -0.3 is 10.8 Å². The minimum atomic E-state index is -0.528. The summed E-state index contributed by atoms with van der Waals surface area (Å²) in [6.07, 6.45) is 0.0181. The number of anilines is 1. The molecule has 0 aliphatic rings. The van der Waals surface area contributed by atoms with Gasteiger partial charge in [0, 0.05) is 22.9 Å². The zero-order chi connectivity index (χ0) is 14.0. The molecule has 0 saturated carbocycles. The van der Waals surface area contributed by atoms with Gasteiger partial charge in [0.2, 0.25) is 0 Å². The third kappa shape index (κ3) is 3.55. The van der Waals surface area contributed by atoms with Gasteiger partial charge in [0.15, 0.2) is 0 Å². The van der Waals surface area contributed by atoms with E-state index in [9.17, 15) is 5.11 Å². The summed E-state index contributed by atoms with van der Waals surface area (Å²) in [5.74, 6) is 0. The van der Waals surface area contributed by atoms with Gasteiger partial charge in [-0.25, -0.2) is 4.98 Å². The average Bonchev–Trinajstić information content (AvgIpc) is 2.78. The highest BCUT2D eigenvalue weighted by atomic mass is 32.1. The molecule has 0 bridgehead atoms. The van der Waals surface area contributed by atoms with E-state index in [1.165, 1.54) is 0 Å². The van der Waals surface area contributed by atoms with Crippen LogP contribution in [0.1, 0.15) is 43.1 Å². The van der Waals surface area contributed by atoms with Crippen molar-refractivity contribution in [2.24, 2.45) is 0 Å². The van der Waals surface area contributed by atoms with Gasteiger partial charge in [-0.2, -0.15) is 0 Å². The summed E-state index contributed by atoms with van der Waals surface area (Å²) in [6.45, 7) is 6.42. The molecular formula is C15H20N2OS. The highest BCUT2D eigenvalue weighted by Crippen LogP contribution is 2.26. The number of thiazole rings is 1. The Morgan fingerprint density at radius 2 is 1.89 bits per heavy atom. The van der Waals surface area contributed by atoms with Gasteiger partial charge in [-0.3, -0.25) is 0 Å². The number of nitrogens with zero attached hydrogens (tertiary/aromatic N) is 1. The molecule has 2 rings (SSSR count). The Balaban J connectivity index is 2.08. The predicted molar refractivity (Wildman–Crippen MR) is 80.3 cm³/mol. The van der Waals surface area contributed by atoms with E-state index in [0.29, 0.717) is 12.1 Å². The molecule has 0 radical (unpaired) electrons. The molecule has 0 aliphatic carbocycles. The summed E-state index contributed by atoms with van der Waals surface area (Å²) < 4.78 is 0. The molecule has 1 atom stereocenters. The van der Waals surface area contributed by atoms with Crippen LogP contribution in [0.25, 0.3) is 0 Å². The summed E-state index contributed by atoms with van der Waals surface area (Å²) in [7, 11) is 0. The quantitative estimate of drug-likeness (QED) is 0.846. The van der Waals surface area contributed by atoms with Crippen LogP contribution in [0.2, 0.25) is 0 Å². The van der Waals surface area contributed by atoms with Crippen LogP contribution in [-0.2, 0) is 11.8 Å². The minimum absolute atomic E-state index is 0.0564. The first-order chi connectivity index (χ1) is 8.86. The van der Waals surface area contributed by atoms with Crippen LogP contribution in [0.3, 0.4) is 0 Å². The van der Waals surface area contributed by atoms with Crippen molar-refractivity contribution >= 4 is 17.0 Å². The summed E-state index contributed by atoms with van der Waals surface area (Å²) in [5.41, 5.74) is 8.36. The third-order valence-corrected chi connectivity index (χ3v) is 3.88. The molecule has 0 spiro atoms. The van der Waals surface area contributed by atoms with Crippen molar-refractivity contribution in [2.45, 2.75) is 38.7 Å². The van der Waals surface area contributed by atoms with Crippen molar-refractivity contribution in [3.05, 3.63) is 45.9 Å². The molecule has 102 valence electrons. The molecule has 3 nitrogen and oxygen atoms in total. The number of hydrogen-bond donors (Lipinski definition) is 2. The molecule has 0 aliphatic heterocycles. The second kappa shape index (κ2) is 5.31. The van der Waals surface area contributed by atoms with Gasteiger partial charge in [0.05, 0.1) is 16.8 Å². The van der Waals surface area contributed by atoms with Crippen LogP contribution < -0.4 is 5.73 Å². The van der Waals surface area contributed by atoms with Crippen LogP contribution in [0.5, 0.6) is 0 Å². The molecule has 0 amide bonds. The van der Waals surface area contributed by atoms with Crippen molar-refractivity contribution in [3.8, 4) is 0 Å². The van der Waals surface area contributed by atoms with Crippen molar-refractivity contribution in [1.29, 1.82) is 0 Å². The van der Waals surface area contributed by atoms with Crippen LogP contribution in [0, 0.1) is 0 Å². The highest BCUT2D eigenvalue weighted by Gasteiger charge is 2.18. The fourth-order valence-corrected chi connectivity index (χ4v) is 2.81. The first-order valence-corrected chi connectivity index (χ1v) is 7.22. The van der Waals surface area contributed by atoms with Gasteiger partial charge in [-0.1, -0.05) is 32.9 Å². The van der Waals surface area contributed by atoms with E-state index in [2.05, 4.69) is 31.1 Å². The molecule has 1 aromatic carbocycles. The van der Waals surface area contributed by atoms with Gasteiger partial charge >= 0.3 is 0 Å². The topological polar surface area (TPSA) is 59.1 Å². The normalized spacial score (nSPS) is 13.5. The van der Waals surface area contributed by atoms with Crippen LogP contribution >= 0.6 is 11.3 Å². The lowest BCUT2D eigenvalue weighted by atomic mass is 9.93. The maximum atomic E-state index is 10.2. The minimum Gasteiger partial charge on any atom is -0.399 e. The number of aromatic nitrogens is 1. The monoisotopic (exact) mass is 276 g/mol. The average molecular weight is 276 g/mol. The van der Waals surface area contributed by atoms with E-state index >= 15 is 0 Å². The molecule has 1 aromatic heterocycles. The first-order valence-electron chi connectivity index (χ1n) is 6.34. The Kier molecular flexibility index (Phi) is 3.92. The summed E-state index contributed by atoms with van der Waals surface area (Å²) in [5, 5.41) is 13.2. The van der Waals surface area contributed by atoms with E-state index in [0.717, 1.165) is 16.3 Å². The Morgan fingerprint density at radius 3 is 2.42 bits per heavy atom. The van der Waals surface area contributed by atoms with Crippen LogP contribution in [-0.4, -0.2) is 10.1 Å². The number of aliphatic hydroxyl groups is 1. The van der Waals surface area contributed by atoms with E-state index in [4.69, 9.17) is 5.73 Å². The lowest BCUT2D eigenvalue weighted by Crippen LogP contribution is -2.12. The standard InChI is InChI=1S/C15H20N2OS/c1-15(2,3)13-9-19-14(17-13)8-12(18)10-4-6-11(16)7-5-10/h4-7,9,12,18H,8,16H2,1-3H3. The highest BCUT2D eigenvalue weighted by molar-refractivity contribution is 7.09. The van der Waals surface area contributed by atoms with E-state index in [-0.39, 0.29) is 5.41 Å². The van der Waals surface area contributed by atoms with Gasteiger partial charge in [-0.15, -0.1) is 11.3 Å². The molecule has 1 heterocycles. The van der Waals surface area contributed by atoms with Crippen LogP contribution in [0.15, 0.2) is 29.6 Å². The van der Waals surface area contributed by atoms with Gasteiger partial charge in [-0.05, 0) is 17.7 Å². The predicted octanol–water partition coefficient (Wildman–Crippen LogP) is 3.30. The maximum Gasteiger partial charge on any atom is 0.0957 e. The van der Waals surface area contributed by atoms with Crippen molar-refractivity contribution in [1.82, 2.24) is 4.98 Å². The molecule has 0 saturated heterocycles. The Labute approximate surface area is 118 Å². The first kappa shape index (κ1) is 14.0. The molecule has 0 fully saturated rings. The second-order valence-electron chi connectivity index (χ2n) is 5.76. The SMILES string of the molecule is CC(C)(C)c1csc(CC(O)c2ccc(N)cc2)n1.